The minimum absolute atomic E-state index is 0.00728. The summed E-state index contributed by atoms with van der Waals surface area (Å²) >= 11 is 6.06. The summed E-state index contributed by atoms with van der Waals surface area (Å²) < 4.78 is 5.65. The molecule has 1 atom stereocenters. The van der Waals surface area contributed by atoms with Crippen LogP contribution in [-0.4, -0.2) is 32.8 Å². The Bertz CT molecular complexity index is 1190. The summed E-state index contributed by atoms with van der Waals surface area (Å²) in [6, 6.07) is 16.5. The number of likely N-dealkylation sites (tertiary alicyclic amines) is 1. The molecule has 0 saturated carbocycles. The van der Waals surface area contributed by atoms with Gasteiger partial charge in [-0.25, -0.2) is 0 Å². The van der Waals surface area contributed by atoms with Gasteiger partial charge in [-0.3, -0.25) is 14.6 Å². The molecule has 33 heavy (non-hydrogen) atoms. The number of ether oxygens (including phenoxy) is 1. The van der Waals surface area contributed by atoms with E-state index in [9.17, 15) is 14.7 Å². The van der Waals surface area contributed by atoms with Crippen LogP contribution in [0.3, 0.4) is 0 Å². The number of Topliss-reactive ketones (excluding diaryl/α,β-unsaturated/α-hetero) is 1. The summed E-state index contributed by atoms with van der Waals surface area (Å²) in [6.07, 6.45) is 3.27. The third-order valence-corrected chi connectivity index (χ3v) is 5.58. The SMILES string of the molecule is CC(C)Oc1ccc(/C(O)=C2\C(=O)C(=O)N(Cc3ccncc3)C2c2ccc(Cl)cc2)cc1. The van der Waals surface area contributed by atoms with Crippen molar-refractivity contribution in [1.29, 1.82) is 0 Å². The fourth-order valence-corrected chi connectivity index (χ4v) is 3.96. The molecule has 2 heterocycles. The molecule has 4 rings (SSSR count). The fraction of sp³-hybridized carbons (Fsp3) is 0.192. The largest absolute Gasteiger partial charge is 0.507 e. The number of aromatic nitrogens is 1. The van der Waals surface area contributed by atoms with Crippen LogP contribution in [0.25, 0.3) is 5.76 Å². The number of halogens is 1. The van der Waals surface area contributed by atoms with E-state index in [4.69, 9.17) is 16.3 Å². The lowest BCUT2D eigenvalue weighted by Crippen LogP contribution is -2.29. The highest BCUT2D eigenvalue weighted by Gasteiger charge is 2.46. The highest BCUT2D eigenvalue weighted by molar-refractivity contribution is 6.46. The van der Waals surface area contributed by atoms with Gasteiger partial charge in [-0.15, -0.1) is 0 Å². The molecule has 1 aliphatic heterocycles. The highest BCUT2D eigenvalue weighted by Crippen LogP contribution is 2.40. The molecule has 3 aromatic rings. The summed E-state index contributed by atoms with van der Waals surface area (Å²) in [5, 5.41) is 11.7. The van der Waals surface area contributed by atoms with Crippen LogP contribution in [0.2, 0.25) is 5.02 Å². The Labute approximate surface area is 197 Å². The summed E-state index contributed by atoms with van der Waals surface area (Å²) in [6.45, 7) is 4.03. The van der Waals surface area contributed by atoms with E-state index >= 15 is 0 Å². The van der Waals surface area contributed by atoms with E-state index in [0.29, 0.717) is 21.9 Å². The van der Waals surface area contributed by atoms with Crippen molar-refractivity contribution in [2.45, 2.75) is 32.5 Å². The zero-order valence-electron chi connectivity index (χ0n) is 18.2. The van der Waals surface area contributed by atoms with Crippen molar-refractivity contribution in [3.63, 3.8) is 0 Å². The maximum Gasteiger partial charge on any atom is 0.295 e. The molecule has 1 amide bonds. The standard InChI is InChI=1S/C26H23ClN2O4/c1-16(2)33-21-9-5-19(6-10-21)24(30)22-23(18-3-7-20(27)8-4-18)29(26(32)25(22)31)15-17-11-13-28-14-12-17/h3-14,16,23,30H,15H2,1-2H3/b24-22+. The molecule has 0 radical (unpaired) electrons. The topological polar surface area (TPSA) is 79.7 Å². The Morgan fingerprint density at radius 1 is 1.03 bits per heavy atom. The first-order valence-electron chi connectivity index (χ1n) is 10.5. The Morgan fingerprint density at radius 3 is 2.27 bits per heavy atom. The monoisotopic (exact) mass is 462 g/mol. The van der Waals surface area contributed by atoms with Crippen LogP contribution < -0.4 is 4.74 Å². The summed E-state index contributed by atoms with van der Waals surface area (Å²) in [7, 11) is 0. The first kappa shape index (κ1) is 22.6. The van der Waals surface area contributed by atoms with E-state index in [1.165, 1.54) is 4.90 Å². The van der Waals surface area contributed by atoms with Gasteiger partial charge < -0.3 is 14.7 Å². The van der Waals surface area contributed by atoms with Gasteiger partial charge in [0.05, 0.1) is 17.7 Å². The van der Waals surface area contributed by atoms with Gasteiger partial charge in [-0.1, -0.05) is 23.7 Å². The number of pyridine rings is 1. The van der Waals surface area contributed by atoms with Crippen LogP contribution in [0.15, 0.2) is 78.6 Å². The summed E-state index contributed by atoms with van der Waals surface area (Å²) in [4.78, 5) is 31.6. The van der Waals surface area contributed by atoms with Crippen molar-refractivity contribution in [2.24, 2.45) is 0 Å². The van der Waals surface area contributed by atoms with Crippen LogP contribution in [0.4, 0.5) is 0 Å². The number of hydrogen-bond acceptors (Lipinski definition) is 5. The highest BCUT2D eigenvalue weighted by atomic mass is 35.5. The third kappa shape index (κ3) is 4.76. The molecule has 7 heteroatoms. The number of amides is 1. The maximum absolute atomic E-state index is 13.1. The molecular formula is C26H23ClN2O4. The number of rotatable bonds is 6. The van der Waals surface area contributed by atoms with Crippen molar-refractivity contribution >= 4 is 29.1 Å². The smallest absolute Gasteiger partial charge is 0.295 e. The van der Waals surface area contributed by atoms with Crippen LogP contribution in [0.5, 0.6) is 5.75 Å². The van der Waals surface area contributed by atoms with Crippen LogP contribution in [-0.2, 0) is 16.1 Å². The van der Waals surface area contributed by atoms with Gasteiger partial charge in [0.1, 0.15) is 11.5 Å². The van der Waals surface area contributed by atoms with E-state index < -0.39 is 17.7 Å². The van der Waals surface area contributed by atoms with E-state index in [1.54, 1.807) is 73.1 Å². The number of benzene rings is 2. The zero-order valence-corrected chi connectivity index (χ0v) is 19.0. The van der Waals surface area contributed by atoms with Gasteiger partial charge in [0.15, 0.2) is 0 Å². The first-order valence-corrected chi connectivity index (χ1v) is 10.9. The molecule has 1 fully saturated rings. The lowest BCUT2D eigenvalue weighted by atomic mass is 9.95. The van der Waals surface area contributed by atoms with Gasteiger partial charge >= 0.3 is 0 Å². The first-order chi connectivity index (χ1) is 15.8. The minimum atomic E-state index is -0.762. The van der Waals surface area contributed by atoms with Crippen molar-refractivity contribution in [3.05, 3.63) is 100 Å². The second-order valence-electron chi connectivity index (χ2n) is 8.02. The van der Waals surface area contributed by atoms with Crippen molar-refractivity contribution in [2.75, 3.05) is 0 Å². The maximum atomic E-state index is 13.1. The average molecular weight is 463 g/mol. The Morgan fingerprint density at radius 2 is 1.67 bits per heavy atom. The van der Waals surface area contributed by atoms with Crippen molar-refractivity contribution < 1.29 is 19.4 Å². The van der Waals surface area contributed by atoms with E-state index in [-0.39, 0.29) is 24.0 Å². The number of nitrogens with zero attached hydrogens (tertiary/aromatic N) is 2. The molecule has 2 aromatic carbocycles. The number of carbonyl (C=O) groups is 2. The molecule has 6 nitrogen and oxygen atoms in total. The Hall–Kier alpha value is -3.64. The molecule has 1 aliphatic rings. The Balaban J connectivity index is 1.79. The molecule has 168 valence electrons. The van der Waals surface area contributed by atoms with E-state index in [0.717, 1.165) is 5.56 Å². The fourth-order valence-electron chi connectivity index (χ4n) is 3.84. The molecule has 0 spiro atoms. The quantitative estimate of drug-likeness (QED) is 0.311. The number of aliphatic hydroxyl groups is 1. The molecule has 1 unspecified atom stereocenters. The van der Waals surface area contributed by atoms with Gasteiger partial charge in [-0.2, -0.15) is 0 Å². The van der Waals surface area contributed by atoms with Crippen LogP contribution >= 0.6 is 11.6 Å². The second kappa shape index (κ2) is 9.46. The molecule has 0 bridgehead atoms. The number of ketones is 1. The molecule has 1 N–H and O–H groups in total. The third-order valence-electron chi connectivity index (χ3n) is 5.33. The van der Waals surface area contributed by atoms with E-state index in [2.05, 4.69) is 4.98 Å². The van der Waals surface area contributed by atoms with Gasteiger partial charge in [-0.05, 0) is 73.5 Å². The normalized spacial score (nSPS) is 17.6. The number of aliphatic hydroxyl groups excluding tert-OH is 1. The van der Waals surface area contributed by atoms with Crippen LogP contribution in [0, 0.1) is 0 Å². The van der Waals surface area contributed by atoms with E-state index in [1.807, 2.05) is 13.8 Å². The molecule has 1 saturated heterocycles. The zero-order chi connectivity index (χ0) is 23.5. The van der Waals surface area contributed by atoms with Crippen molar-refractivity contribution in [1.82, 2.24) is 9.88 Å². The van der Waals surface area contributed by atoms with Gasteiger partial charge in [0.25, 0.3) is 11.7 Å². The summed E-state index contributed by atoms with van der Waals surface area (Å²) in [5.41, 5.74) is 1.95. The second-order valence-corrected chi connectivity index (χ2v) is 8.46. The number of carbonyl (C=O) groups excluding carboxylic acids is 2. The lowest BCUT2D eigenvalue weighted by Gasteiger charge is -2.25. The van der Waals surface area contributed by atoms with Crippen LogP contribution in [0.1, 0.15) is 36.6 Å². The van der Waals surface area contributed by atoms with Crippen molar-refractivity contribution in [3.8, 4) is 5.75 Å². The van der Waals surface area contributed by atoms with Gasteiger partial charge in [0.2, 0.25) is 0 Å². The average Bonchev–Trinajstić information content (AvgIpc) is 3.05. The minimum Gasteiger partial charge on any atom is -0.507 e. The number of hydrogen-bond donors (Lipinski definition) is 1. The molecule has 1 aromatic heterocycles. The Kier molecular flexibility index (Phi) is 6.47. The molecule has 0 aliphatic carbocycles. The predicted octanol–water partition coefficient (Wildman–Crippen LogP) is 5.14. The molecular weight excluding hydrogens is 440 g/mol. The lowest BCUT2D eigenvalue weighted by molar-refractivity contribution is -0.140. The van der Waals surface area contributed by atoms with Gasteiger partial charge in [0, 0.05) is 29.5 Å². The summed E-state index contributed by atoms with van der Waals surface area (Å²) in [5.74, 6) is -0.993. The predicted molar refractivity (Wildman–Crippen MR) is 126 cm³/mol.